The van der Waals surface area contributed by atoms with E-state index in [1.807, 2.05) is 24.3 Å². The molecule has 0 spiro atoms. The predicted molar refractivity (Wildman–Crippen MR) is 86.8 cm³/mol. The molecule has 6 nitrogen and oxygen atoms in total. The van der Waals surface area contributed by atoms with E-state index in [9.17, 15) is 9.59 Å². The molecule has 1 rings (SSSR count). The second kappa shape index (κ2) is 11.3. The summed E-state index contributed by atoms with van der Waals surface area (Å²) < 4.78 is 4.98. The maximum atomic E-state index is 11.6. The Bertz CT molecular complexity index is 489. The van der Waals surface area contributed by atoms with Gasteiger partial charge in [0.05, 0.1) is 6.54 Å². The fraction of sp³-hybridized carbons (Fsp3) is 0.375. The van der Waals surface area contributed by atoms with Gasteiger partial charge in [0, 0.05) is 5.69 Å². The number of nitrogens with two attached hydrogens (primary N) is 1. The number of benzene rings is 1. The molecule has 0 fully saturated rings. The maximum Gasteiger partial charge on any atom is 0.328 e. The van der Waals surface area contributed by atoms with E-state index in [1.165, 1.54) is 5.56 Å². The molecule has 0 amide bonds. The number of nitrogens with one attached hydrogen (secondary N) is 1. The lowest BCUT2D eigenvalue weighted by Crippen LogP contribution is -2.28. The molecule has 22 heavy (non-hydrogen) atoms. The van der Waals surface area contributed by atoms with E-state index in [2.05, 4.69) is 24.6 Å². The first-order valence-corrected chi connectivity index (χ1v) is 7.00. The fourth-order valence-corrected chi connectivity index (χ4v) is 1.53. The summed E-state index contributed by atoms with van der Waals surface area (Å²) in [7, 11) is 0. The molecule has 0 aromatic heterocycles. The maximum absolute atomic E-state index is 11.6. The molecule has 0 saturated heterocycles. The van der Waals surface area contributed by atoms with Crippen LogP contribution in [-0.2, 0) is 20.7 Å². The van der Waals surface area contributed by atoms with Gasteiger partial charge in [0.2, 0.25) is 0 Å². The molecule has 122 valence electrons. The number of hydrogen-bond acceptors (Lipinski definition) is 5. The summed E-state index contributed by atoms with van der Waals surface area (Å²) in [5.41, 5.74) is 6.75. The second-order valence-corrected chi connectivity index (χ2v) is 4.39. The van der Waals surface area contributed by atoms with Gasteiger partial charge in [-0.25, -0.2) is 4.79 Å². The van der Waals surface area contributed by atoms with Gasteiger partial charge in [-0.2, -0.15) is 0 Å². The Kier molecular flexibility index (Phi) is 10.1. The van der Waals surface area contributed by atoms with Crippen molar-refractivity contribution in [2.75, 3.05) is 18.5 Å². The van der Waals surface area contributed by atoms with Gasteiger partial charge >= 0.3 is 11.9 Å². The summed E-state index contributed by atoms with van der Waals surface area (Å²) >= 11 is 0. The van der Waals surface area contributed by atoms with E-state index >= 15 is 0 Å². The minimum Gasteiger partial charge on any atom is -0.480 e. The topological polar surface area (TPSA) is 102 Å². The number of para-hydroxylation sites is 1. The van der Waals surface area contributed by atoms with Crippen LogP contribution in [0.25, 0.3) is 0 Å². The Labute approximate surface area is 131 Å². The molecule has 0 heterocycles. The van der Waals surface area contributed by atoms with Crippen LogP contribution in [0.3, 0.4) is 0 Å². The number of ether oxygens (including phenoxy) is 1. The smallest absolute Gasteiger partial charge is 0.328 e. The van der Waals surface area contributed by atoms with Crippen LogP contribution in [0.5, 0.6) is 0 Å². The molecule has 1 atom stereocenters. The van der Waals surface area contributed by atoms with Crippen LogP contribution < -0.4 is 11.1 Å². The highest BCUT2D eigenvalue weighted by Gasteiger charge is 2.14. The van der Waals surface area contributed by atoms with Gasteiger partial charge in [-0.15, -0.1) is 0 Å². The lowest BCUT2D eigenvalue weighted by molar-refractivity contribution is -0.143. The summed E-state index contributed by atoms with van der Waals surface area (Å²) in [6, 6.07) is 7.59. The Morgan fingerprint density at radius 2 is 2.05 bits per heavy atom. The Balaban J connectivity index is 0.000000763. The molecule has 0 aliphatic rings. The highest BCUT2D eigenvalue weighted by Crippen LogP contribution is 2.16. The number of carbonyl (C=O) groups is 2. The zero-order chi connectivity index (χ0) is 17.0. The van der Waals surface area contributed by atoms with Gasteiger partial charge in [-0.1, -0.05) is 37.8 Å². The zero-order valence-corrected chi connectivity index (χ0v) is 13.0. The van der Waals surface area contributed by atoms with Gasteiger partial charge in [-0.3, -0.25) is 4.79 Å². The number of anilines is 1. The van der Waals surface area contributed by atoms with E-state index in [1.54, 1.807) is 13.0 Å². The molecule has 1 aromatic carbocycles. The number of carboxylic acids is 1. The van der Waals surface area contributed by atoms with Crippen LogP contribution in [0.15, 0.2) is 36.9 Å². The Hall–Kier alpha value is -2.34. The van der Waals surface area contributed by atoms with E-state index < -0.39 is 5.97 Å². The van der Waals surface area contributed by atoms with E-state index in [-0.39, 0.29) is 25.2 Å². The third-order valence-corrected chi connectivity index (χ3v) is 2.64. The summed E-state index contributed by atoms with van der Waals surface area (Å²) in [4.78, 5) is 20.8. The van der Waals surface area contributed by atoms with Crippen LogP contribution in [0.2, 0.25) is 0 Å². The highest BCUT2D eigenvalue weighted by molar-refractivity contribution is 5.79. The first-order valence-electron chi connectivity index (χ1n) is 7.00. The lowest BCUT2D eigenvalue weighted by atomic mass is 10.1. The van der Waals surface area contributed by atoms with Crippen molar-refractivity contribution in [1.82, 2.24) is 0 Å². The molecule has 1 aromatic rings. The summed E-state index contributed by atoms with van der Waals surface area (Å²) in [5, 5.41) is 10.8. The molecule has 0 aliphatic heterocycles. The molecule has 6 heteroatoms. The van der Waals surface area contributed by atoms with Crippen molar-refractivity contribution in [2.45, 2.75) is 26.3 Å². The number of aliphatic carboxylic acids is 1. The molecule has 4 N–H and O–H groups in total. The van der Waals surface area contributed by atoms with E-state index in [0.717, 1.165) is 12.1 Å². The largest absolute Gasteiger partial charge is 0.480 e. The number of aryl methyl sites for hydroxylation is 1. The third-order valence-electron chi connectivity index (χ3n) is 2.64. The van der Waals surface area contributed by atoms with Crippen molar-refractivity contribution >= 4 is 17.6 Å². The zero-order valence-electron chi connectivity index (χ0n) is 13.0. The van der Waals surface area contributed by atoms with Crippen LogP contribution in [-0.4, -0.2) is 36.2 Å². The number of rotatable bonds is 7. The molecule has 0 saturated carbocycles. The lowest BCUT2D eigenvalue weighted by Gasteiger charge is -2.16. The predicted octanol–water partition coefficient (Wildman–Crippen LogP) is 1.81. The number of esters is 1. The minimum atomic E-state index is -0.968. The highest BCUT2D eigenvalue weighted by atomic mass is 16.5. The molecular weight excluding hydrogens is 284 g/mol. The average molecular weight is 308 g/mol. The monoisotopic (exact) mass is 308 g/mol. The normalized spacial score (nSPS) is 10.7. The van der Waals surface area contributed by atoms with Gasteiger partial charge in [0.1, 0.15) is 12.6 Å². The molecule has 0 aliphatic carbocycles. The summed E-state index contributed by atoms with van der Waals surface area (Å²) in [6.45, 7) is 7.35. The fourth-order valence-electron chi connectivity index (χ4n) is 1.53. The van der Waals surface area contributed by atoms with Gasteiger partial charge in [0.25, 0.3) is 0 Å². The average Bonchev–Trinajstić information content (AvgIpc) is 2.53. The quantitative estimate of drug-likeness (QED) is 0.524. The third kappa shape index (κ3) is 8.06. The first kappa shape index (κ1) is 19.7. The van der Waals surface area contributed by atoms with Crippen LogP contribution in [0.4, 0.5) is 5.69 Å². The molecule has 0 radical (unpaired) electrons. The van der Waals surface area contributed by atoms with Crippen LogP contribution in [0.1, 0.15) is 19.4 Å². The van der Waals surface area contributed by atoms with Gasteiger partial charge < -0.3 is 20.9 Å². The van der Waals surface area contributed by atoms with Crippen LogP contribution >= 0.6 is 0 Å². The minimum absolute atomic E-state index is 0.250. The van der Waals surface area contributed by atoms with Crippen molar-refractivity contribution in [3.63, 3.8) is 0 Å². The van der Waals surface area contributed by atoms with E-state index in [4.69, 9.17) is 9.84 Å². The summed E-state index contributed by atoms with van der Waals surface area (Å²) in [5.74, 6) is -1.24. The molecule has 0 bridgehead atoms. The number of hydrogen-bond donors (Lipinski definition) is 3. The van der Waals surface area contributed by atoms with Gasteiger partial charge in [-0.05, 0) is 25.0 Å². The Morgan fingerprint density at radius 1 is 1.45 bits per heavy atom. The van der Waals surface area contributed by atoms with Crippen molar-refractivity contribution < 1.29 is 19.4 Å². The van der Waals surface area contributed by atoms with Crippen molar-refractivity contribution in [3.05, 3.63) is 42.5 Å². The first-order chi connectivity index (χ1) is 10.5. The van der Waals surface area contributed by atoms with Gasteiger partial charge in [0.15, 0.2) is 0 Å². The second-order valence-electron chi connectivity index (χ2n) is 4.39. The summed E-state index contributed by atoms with van der Waals surface area (Å²) in [6.07, 6.45) is 2.49. The van der Waals surface area contributed by atoms with Crippen molar-refractivity contribution in [3.8, 4) is 0 Å². The van der Waals surface area contributed by atoms with Crippen molar-refractivity contribution in [2.24, 2.45) is 5.73 Å². The Morgan fingerprint density at radius 3 is 2.55 bits per heavy atom. The van der Waals surface area contributed by atoms with Crippen molar-refractivity contribution in [1.29, 1.82) is 0 Å². The SMILES string of the molecule is C=CCOC(=O)[C@H](C)Nc1ccccc1CC.NCC(=O)O. The molecular formula is C16H24N2O4. The van der Waals surface area contributed by atoms with Crippen LogP contribution in [0, 0.1) is 0 Å². The van der Waals surface area contributed by atoms with E-state index in [0.29, 0.717) is 0 Å². The molecule has 0 unspecified atom stereocenters. The standard InChI is InChI=1S/C14H19NO2.C2H5NO2/c1-4-10-17-14(16)11(3)15-13-9-7-6-8-12(13)5-2;3-1-2(4)5/h4,6-9,11,15H,1,5,10H2,2-3H3;1,3H2,(H,4,5)/t11-;/m0./s1. The number of carboxylic acid groups (broad SMARTS) is 1. The number of carbonyl (C=O) groups excluding carboxylic acids is 1.